The Hall–Kier alpha value is 0.630. The standard InChI is InChI=1S/C12H11.2CH3.2BrH.H2Si.Zr/c1-2-6-11(7-3-1)10-12-8-4-5-9-12;;;;;;/h1-9H,10H2;2*1H3;2*1H;1H2;/q3*-1;;;;. The Bertz CT molecular complexity index is 349. The molecule has 0 nitrogen and oxygen atoms in total. The molecule has 0 N–H and O–H groups in total. The van der Waals surface area contributed by atoms with E-state index in [1.165, 1.54) is 11.1 Å². The van der Waals surface area contributed by atoms with Crippen LogP contribution in [-0.2, 0) is 29.8 Å². The van der Waals surface area contributed by atoms with Gasteiger partial charge in [0, 0.05) is 0 Å². The first kappa shape index (κ1) is 27.1. The average molecular weight is 468 g/mol. The molecule has 0 radical (unpaired) electrons. The molecule has 0 saturated heterocycles. The average Bonchev–Trinajstić information content (AvgIpc) is 2.75. The summed E-state index contributed by atoms with van der Waals surface area (Å²) in [6.07, 6.45) is 1.05. The summed E-state index contributed by atoms with van der Waals surface area (Å²) in [5.74, 6) is 0. The minimum absolute atomic E-state index is 0. The monoisotopic (exact) mass is 465 g/mol. The van der Waals surface area contributed by atoms with E-state index in [0.29, 0.717) is 0 Å². The van der Waals surface area contributed by atoms with Crippen LogP contribution >= 0.6 is 34.0 Å². The fourth-order valence-electron chi connectivity index (χ4n) is 1.36. The molecule has 0 aliphatic carbocycles. The molecular weight excluding hydrogens is 447 g/mol. The third-order valence-electron chi connectivity index (χ3n) is 1.98. The first-order valence-corrected chi connectivity index (χ1v) is 10.5. The largest absolute Gasteiger partial charge is 0.213 e. The van der Waals surface area contributed by atoms with Gasteiger partial charge in [-0.3, -0.25) is 0 Å². The molecule has 0 bridgehead atoms. The van der Waals surface area contributed by atoms with Gasteiger partial charge in [0.1, 0.15) is 0 Å². The van der Waals surface area contributed by atoms with Crippen LogP contribution in [-0.4, -0.2) is 6.88 Å². The molecule has 0 unspecified atom stereocenters. The van der Waals surface area contributed by atoms with Crippen molar-refractivity contribution in [1.29, 1.82) is 0 Å². The van der Waals surface area contributed by atoms with Crippen molar-refractivity contribution >= 4 is 40.8 Å². The maximum atomic E-state index is 2.16. The summed E-state index contributed by atoms with van der Waals surface area (Å²) < 4.78 is 0. The first-order chi connectivity index (χ1) is 6.95. The Labute approximate surface area is 150 Å². The summed E-state index contributed by atoms with van der Waals surface area (Å²) in [7, 11) is 0. The minimum Gasteiger partial charge on any atom is -0.213 e. The molecule has 0 aliphatic heterocycles. The second-order valence-electron chi connectivity index (χ2n) is 2.96. The first-order valence-electron chi connectivity index (χ1n) is 4.55. The fraction of sp³-hybridized carbons (Fsp3) is 0.0714. The van der Waals surface area contributed by atoms with Crippen LogP contribution in [0.3, 0.4) is 0 Å². The van der Waals surface area contributed by atoms with E-state index < -0.39 is 0 Å². The van der Waals surface area contributed by atoms with E-state index in [-0.39, 0.29) is 48.8 Å². The van der Waals surface area contributed by atoms with Crippen molar-refractivity contribution < 1.29 is 23.3 Å². The van der Waals surface area contributed by atoms with Crippen LogP contribution in [0.25, 0.3) is 0 Å². The van der Waals surface area contributed by atoms with Crippen molar-refractivity contribution in [1.82, 2.24) is 0 Å². The molecule has 4 heteroatoms. The Balaban J connectivity index is -0.000000156. The van der Waals surface area contributed by atoms with E-state index in [2.05, 4.69) is 54.6 Å². The summed E-state index contributed by atoms with van der Waals surface area (Å²) >= 11 is 1.58. The van der Waals surface area contributed by atoms with Gasteiger partial charge in [-0.05, 0) is 6.42 Å². The minimum atomic E-state index is 0. The van der Waals surface area contributed by atoms with Gasteiger partial charge in [0.05, 0.1) is 0 Å². The van der Waals surface area contributed by atoms with E-state index in [0.717, 1.165) is 6.42 Å². The molecule has 0 heterocycles. The van der Waals surface area contributed by atoms with Gasteiger partial charge in [0.2, 0.25) is 0 Å². The Kier molecular flexibility index (Phi) is 26.5. The van der Waals surface area contributed by atoms with Crippen LogP contribution in [0.15, 0.2) is 54.6 Å². The molecule has 0 saturated carbocycles. The second kappa shape index (κ2) is 17.6. The van der Waals surface area contributed by atoms with Gasteiger partial charge in [-0.2, -0.15) is 17.7 Å². The summed E-state index contributed by atoms with van der Waals surface area (Å²) in [5, 5.41) is 0. The summed E-state index contributed by atoms with van der Waals surface area (Å²) in [6.45, 7) is 1.95. The molecular formula is C14H21Br2SiZr-3. The van der Waals surface area contributed by atoms with E-state index in [9.17, 15) is 0 Å². The summed E-state index contributed by atoms with van der Waals surface area (Å²) in [5.41, 5.74) is 2.77. The molecule has 2 aromatic carbocycles. The molecule has 2 aromatic rings. The zero-order chi connectivity index (χ0) is 10.2. The van der Waals surface area contributed by atoms with Crippen molar-refractivity contribution in [2.75, 3.05) is 0 Å². The van der Waals surface area contributed by atoms with Crippen molar-refractivity contribution in [3.8, 4) is 0 Å². The number of rotatable bonds is 2. The van der Waals surface area contributed by atoms with E-state index in [4.69, 9.17) is 0 Å². The van der Waals surface area contributed by atoms with Crippen molar-refractivity contribution in [2.24, 2.45) is 0 Å². The maximum Gasteiger partial charge on any atom is -0.0485 e. The Morgan fingerprint density at radius 1 is 0.833 bits per heavy atom. The molecule has 2 rings (SSSR count). The quantitative estimate of drug-likeness (QED) is 0.459. The van der Waals surface area contributed by atoms with Crippen LogP contribution in [0.4, 0.5) is 0 Å². The zero-order valence-corrected chi connectivity index (χ0v) is 18.2. The van der Waals surface area contributed by atoms with Crippen LogP contribution in [0.1, 0.15) is 11.1 Å². The van der Waals surface area contributed by atoms with Gasteiger partial charge < -0.3 is 14.9 Å². The van der Waals surface area contributed by atoms with Gasteiger partial charge in [0.15, 0.2) is 0 Å². The molecule has 0 atom stereocenters. The van der Waals surface area contributed by atoms with E-state index in [1.807, 2.05) is 6.88 Å². The molecule has 0 fully saturated rings. The maximum absolute atomic E-state index is 2.16. The van der Waals surface area contributed by atoms with Gasteiger partial charge in [0.25, 0.3) is 0 Å². The van der Waals surface area contributed by atoms with Gasteiger partial charge >= 0.3 is 30.2 Å². The molecule has 18 heavy (non-hydrogen) atoms. The van der Waals surface area contributed by atoms with Gasteiger partial charge in [-0.25, -0.2) is 12.1 Å². The Morgan fingerprint density at radius 2 is 1.28 bits per heavy atom. The van der Waals surface area contributed by atoms with Crippen molar-refractivity contribution in [2.45, 2.75) is 6.42 Å². The van der Waals surface area contributed by atoms with E-state index in [1.54, 1.807) is 23.3 Å². The molecule has 0 amide bonds. The number of benzene rings is 1. The predicted molar refractivity (Wildman–Crippen MR) is 93.3 cm³/mol. The van der Waals surface area contributed by atoms with Crippen LogP contribution < -0.4 is 0 Å². The smallest absolute Gasteiger partial charge is 0.0485 e. The number of hydrogen-bond donors (Lipinski definition) is 0. The number of hydrogen-bond acceptors (Lipinski definition) is 0. The number of halogens is 2. The topological polar surface area (TPSA) is 0 Å². The van der Waals surface area contributed by atoms with Gasteiger partial charge in [-0.1, -0.05) is 35.9 Å². The SMILES string of the molecule is Br.Br.[CH3-].[CH3-].[SiH2]=[Zr].c1ccc(C[c-]2cccc2)cc1. The predicted octanol–water partition coefficient (Wildman–Crippen LogP) is 4.13. The second-order valence-corrected chi connectivity index (χ2v) is 2.96. The van der Waals surface area contributed by atoms with Crippen LogP contribution in [0, 0.1) is 14.9 Å². The van der Waals surface area contributed by atoms with Crippen LogP contribution in [0.2, 0.25) is 0 Å². The van der Waals surface area contributed by atoms with E-state index >= 15 is 0 Å². The zero-order valence-electron chi connectivity index (χ0n) is 10.9. The molecule has 0 spiro atoms. The third kappa shape index (κ3) is 10.5. The Morgan fingerprint density at radius 3 is 1.72 bits per heavy atom. The van der Waals surface area contributed by atoms with Crippen LogP contribution in [0.5, 0.6) is 0 Å². The normalized spacial score (nSPS) is 6.83. The van der Waals surface area contributed by atoms with Gasteiger partial charge in [-0.15, -0.1) is 34.0 Å². The third-order valence-corrected chi connectivity index (χ3v) is 1.98. The molecule has 102 valence electrons. The summed E-state index contributed by atoms with van der Waals surface area (Å²) in [4.78, 5) is 0. The van der Waals surface area contributed by atoms with Crippen molar-refractivity contribution in [3.63, 3.8) is 0 Å². The molecule has 0 aliphatic rings. The summed E-state index contributed by atoms with van der Waals surface area (Å²) in [6, 6.07) is 19.0. The molecule has 0 aromatic heterocycles. The fourth-order valence-corrected chi connectivity index (χ4v) is 1.36. The van der Waals surface area contributed by atoms with Crippen molar-refractivity contribution in [3.05, 3.63) is 80.6 Å².